The molecule has 0 aliphatic carbocycles. The van der Waals surface area contributed by atoms with Crippen molar-refractivity contribution in [3.8, 4) is 0 Å². The number of amides is 1. The van der Waals surface area contributed by atoms with Gasteiger partial charge >= 0.3 is 5.97 Å². The van der Waals surface area contributed by atoms with E-state index in [9.17, 15) is 14.4 Å². The van der Waals surface area contributed by atoms with Gasteiger partial charge in [-0.05, 0) is 31.5 Å². The van der Waals surface area contributed by atoms with Gasteiger partial charge in [-0.15, -0.1) is 0 Å². The van der Waals surface area contributed by atoms with Crippen molar-refractivity contribution in [1.29, 1.82) is 0 Å². The first-order valence-corrected chi connectivity index (χ1v) is 9.06. The highest BCUT2D eigenvalue weighted by molar-refractivity contribution is 6.31. The van der Waals surface area contributed by atoms with E-state index in [2.05, 4.69) is 0 Å². The number of aryl methyl sites for hydroxylation is 2. The quantitative estimate of drug-likeness (QED) is 0.581. The molecule has 0 N–H and O–H groups in total. The predicted molar refractivity (Wildman–Crippen MR) is 103 cm³/mol. The van der Waals surface area contributed by atoms with E-state index in [1.54, 1.807) is 24.3 Å². The fraction of sp³-hybridized carbons (Fsp3) is 0.286. The van der Waals surface area contributed by atoms with Crippen molar-refractivity contribution < 1.29 is 19.1 Å². The summed E-state index contributed by atoms with van der Waals surface area (Å²) in [6.07, 6.45) is 0.0586. The minimum absolute atomic E-state index is 0.0586. The van der Waals surface area contributed by atoms with E-state index < -0.39 is 11.9 Å². The van der Waals surface area contributed by atoms with Gasteiger partial charge in [-0.2, -0.15) is 0 Å². The monoisotopic (exact) mass is 385 g/mol. The zero-order valence-corrected chi connectivity index (χ0v) is 16.0. The van der Waals surface area contributed by atoms with E-state index >= 15 is 0 Å². The second-order valence-electron chi connectivity index (χ2n) is 6.74. The Morgan fingerprint density at radius 3 is 2.52 bits per heavy atom. The maximum atomic E-state index is 12.3. The molecule has 0 unspecified atom stereocenters. The molecular formula is C21H20ClNO4. The van der Waals surface area contributed by atoms with E-state index in [4.69, 9.17) is 16.3 Å². The number of ether oxygens (including phenoxy) is 1. The molecule has 2 aromatic carbocycles. The van der Waals surface area contributed by atoms with E-state index in [0.29, 0.717) is 16.3 Å². The molecule has 2 aromatic rings. The van der Waals surface area contributed by atoms with Gasteiger partial charge in [-0.1, -0.05) is 47.5 Å². The second-order valence-corrected chi connectivity index (χ2v) is 7.14. The van der Waals surface area contributed by atoms with Crippen LogP contribution in [0.1, 0.15) is 27.9 Å². The van der Waals surface area contributed by atoms with E-state index in [1.165, 1.54) is 4.90 Å². The summed E-state index contributed by atoms with van der Waals surface area (Å²) in [6.45, 7) is 3.69. The Bertz CT molecular complexity index is 892. The maximum Gasteiger partial charge on any atom is 0.311 e. The summed E-state index contributed by atoms with van der Waals surface area (Å²) >= 11 is 6.12. The molecule has 1 aliphatic rings. The van der Waals surface area contributed by atoms with Gasteiger partial charge in [0.05, 0.1) is 5.92 Å². The fourth-order valence-corrected chi connectivity index (χ4v) is 3.12. The molecule has 1 amide bonds. The fourth-order valence-electron chi connectivity index (χ4n) is 2.94. The Morgan fingerprint density at radius 2 is 1.85 bits per heavy atom. The molecule has 6 heteroatoms. The van der Waals surface area contributed by atoms with Crippen LogP contribution in [0, 0.1) is 19.8 Å². The van der Waals surface area contributed by atoms with Gasteiger partial charge in [-0.3, -0.25) is 14.4 Å². The first-order valence-electron chi connectivity index (χ1n) is 8.68. The summed E-state index contributed by atoms with van der Waals surface area (Å²) in [5.74, 6) is -1.57. The predicted octanol–water partition coefficient (Wildman–Crippen LogP) is 3.74. The molecule has 5 nitrogen and oxygen atoms in total. The maximum absolute atomic E-state index is 12.3. The summed E-state index contributed by atoms with van der Waals surface area (Å²) in [5.41, 5.74) is 3.11. The molecule has 140 valence electrons. The smallest absolute Gasteiger partial charge is 0.311 e. The van der Waals surface area contributed by atoms with Crippen molar-refractivity contribution in [2.75, 3.05) is 18.1 Å². The Morgan fingerprint density at radius 1 is 1.15 bits per heavy atom. The molecule has 1 fully saturated rings. The van der Waals surface area contributed by atoms with Gasteiger partial charge in [-0.25, -0.2) is 0 Å². The van der Waals surface area contributed by atoms with Gasteiger partial charge in [0.1, 0.15) is 0 Å². The van der Waals surface area contributed by atoms with Gasteiger partial charge in [0, 0.05) is 29.2 Å². The number of anilines is 1. The number of hydrogen-bond donors (Lipinski definition) is 0. The molecule has 1 saturated heterocycles. The lowest BCUT2D eigenvalue weighted by Crippen LogP contribution is -2.27. The summed E-state index contributed by atoms with van der Waals surface area (Å²) < 4.78 is 5.15. The number of benzene rings is 2. The van der Waals surface area contributed by atoms with Crippen LogP contribution >= 0.6 is 11.6 Å². The largest absolute Gasteiger partial charge is 0.457 e. The molecule has 3 rings (SSSR count). The van der Waals surface area contributed by atoms with Gasteiger partial charge in [0.15, 0.2) is 12.4 Å². The molecule has 0 radical (unpaired) electrons. The number of nitrogens with zero attached hydrogens (tertiary/aromatic N) is 1. The van der Waals surface area contributed by atoms with Crippen LogP contribution in [0.2, 0.25) is 5.02 Å². The van der Waals surface area contributed by atoms with Crippen molar-refractivity contribution in [3.05, 3.63) is 64.2 Å². The van der Waals surface area contributed by atoms with Crippen molar-refractivity contribution in [2.24, 2.45) is 5.92 Å². The first kappa shape index (κ1) is 19.1. The van der Waals surface area contributed by atoms with Crippen molar-refractivity contribution in [2.45, 2.75) is 20.3 Å². The zero-order valence-electron chi connectivity index (χ0n) is 15.2. The summed E-state index contributed by atoms with van der Waals surface area (Å²) in [5, 5.41) is 0.565. The van der Waals surface area contributed by atoms with E-state index in [1.807, 2.05) is 32.0 Å². The number of esters is 1. The van der Waals surface area contributed by atoms with Crippen LogP contribution in [-0.4, -0.2) is 30.8 Å². The summed E-state index contributed by atoms with van der Waals surface area (Å²) in [6, 6.07) is 12.4. The van der Waals surface area contributed by atoms with Crippen LogP contribution in [0.4, 0.5) is 5.69 Å². The molecule has 0 aromatic heterocycles. The molecule has 1 aliphatic heterocycles. The second kappa shape index (κ2) is 7.92. The number of rotatable bonds is 5. The SMILES string of the molecule is Cc1ccc(C(=O)COC(=O)[C@H]2CC(=O)N(c3ccc(C)c(Cl)c3)C2)cc1. The van der Waals surface area contributed by atoms with E-state index in [-0.39, 0.29) is 31.3 Å². The Balaban J connectivity index is 1.59. The molecule has 27 heavy (non-hydrogen) atoms. The van der Waals surface area contributed by atoms with Crippen LogP contribution in [0.3, 0.4) is 0 Å². The molecular weight excluding hydrogens is 366 g/mol. The number of ketones is 1. The minimum Gasteiger partial charge on any atom is -0.457 e. The zero-order chi connectivity index (χ0) is 19.6. The molecule has 0 bridgehead atoms. The number of halogens is 1. The van der Waals surface area contributed by atoms with Crippen LogP contribution in [-0.2, 0) is 14.3 Å². The van der Waals surface area contributed by atoms with Gasteiger partial charge < -0.3 is 9.64 Å². The number of hydrogen-bond acceptors (Lipinski definition) is 4. The molecule has 0 saturated carbocycles. The van der Waals surface area contributed by atoms with Crippen molar-refractivity contribution >= 4 is 34.9 Å². The minimum atomic E-state index is -0.594. The highest BCUT2D eigenvalue weighted by Crippen LogP contribution is 2.29. The number of carbonyl (C=O) groups is 3. The highest BCUT2D eigenvalue weighted by Gasteiger charge is 2.36. The average Bonchev–Trinajstić information content (AvgIpc) is 3.04. The Labute approximate surface area is 162 Å². The standard InChI is InChI=1S/C21H20ClNO4/c1-13-3-6-15(7-4-13)19(24)12-27-21(26)16-9-20(25)23(11-16)17-8-5-14(2)18(22)10-17/h3-8,10,16H,9,11-12H2,1-2H3/t16-/m0/s1. The van der Waals surface area contributed by atoms with Gasteiger partial charge in [0.25, 0.3) is 0 Å². The van der Waals surface area contributed by atoms with E-state index in [0.717, 1.165) is 11.1 Å². The highest BCUT2D eigenvalue weighted by atomic mass is 35.5. The number of carbonyl (C=O) groups excluding carboxylic acids is 3. The Hall–Kier alpha value is -2.66. The normalized spacial score (nSPS) is 16.5. The number of Topliss-reactive ketones (excluding diaryl/α,β-unsaturated/α-hetero) is 1. The first-order chi connectivity index (χ1) is 12.8. The van der Waals surface area contributed by atoms with Crippen molar-refractivity contribution in [3.63, 3.8) is 0 Å². The lowest BCUT2D eigenvalue weighted by molar-refractivity contribution is -0.147. The lowest BCUT2D eigenvalue weighted by Gasteiger charge is -2.17. The van der Waals surface area contributed by atoms with Crippen LogP contribution in [0.25, 0.3) is 0 Å². The van der Waals surface area contributed by atoms with Crippen LogP contribution in [0.15, 0.2) is 42.5 Å². The average molecular weight is 386 g/mol. The molecule has 1 atom stereocenters. The third kappa shape index (κ3) is 4.37. The van der Waals surface area contributed by atoms with Crippen LogP contribution in [0.5, 0.6) is 0 Å². The lowest BCUT2D eigenvalue weighted by atomic mass is 10.1. The summed E-state index contributed by atoms with van der Waals surface area (Å²) in [7, 11) is 0. The topological polar surface area (TPSA) is 63.7 Å². The summed E-state index contributed by atoms with van der Waals surface area (Å²) in [4.78, 5) is 38.2. The van der Waals surface area contributed by atoms with Crippen LogP contribution < -0.4 is 4.90 Å². The Kier molecular flexibility index (Phi) is 5.61. The van der Waals surface area contributed by atoms with Crippen molar-refractivity contribution in [1.82, 2.24) is 0 Å². The van der Waals surface area contributed by atoms with Gasteiger partial charge in [0.2, 0.25) is 5.91 Å². The molecule has 1 heterocycles. The third-order valence-corrected chi connectivity index (χ3v) is 5.05. The molecule has 0 spiro atoms. The third-order valence-electron chi connectivity index (χ3n) is 4.64.